The number of nitrogens with zero attached hydrogens (tertiary/aromatic N) is 2. The molecule has 0 saturated carbocycles. The summed E-state index contributed by atoms with van der Waals surface area (Å²) in [5, 5.41) is 15.9. The van der Waals surface area contributed by atoms with Crippen LogP contribution in [0.2, 0.25) is 5.02 Å². The van der Waals surface area contributed by atoms with Crippen molar-refractivity contribution in [3.63, 3.8) is 0 Å². The summed E-state index contributed by atoms with van der Waals surface area (Å²) in [4.78, 5) is 21.9. The van der Waals surface area contributed by atoms with E-state index in [1.807, 2.05) is 18.2 Å². The Balaban J connectivity index is 1.94. The van der Waals surface area contributed by atoms with Crippen molar-refractivity contribution in [3.05, 3.63) is 47.1 Å². The van der Waals surface area contributed by atoms with Crippen LogP contribution >= 0.6 is 11.6 Å². The predicted molar refractivity (Wildman–Crippen MR) is 78.3 cm³/mol. The highest BCUT2D eigenvalue weighted by Gasteiger charge is 2.08. The lowest BCUT2D eigenvalue weighted by Gasteiger charge is -2.04. The van der Waals surface area contributed by atoms with Gasteiger partial charge in [0.25, 0.3) is 0 Å². The molecule has 2 aromatic rings. The molecular formula is C14H14ClN3O3. The molecule has 2 rings (SSSR count). The van der Waals surface area contributed by atoms with Crippen LogP contribution in [-0.2, 0) is 16.1 Å². The van der Waals surface area contributed by atoms with Gasteiger partial charge in [-0.1, -0.05) is 29.8 Å². The molecule has 1 aromatic carbocycles. The molecule has 0 radical (unpaired) electrons. The van der Waals surface area contributed by atoms with E-state index in [1.165, 1.54) is 0 Å². The Morgan fingerprint density at radius 2 is 2.00 bits per heavy atom. The molecular weight excluding hydrogens is 294 g/mol. The number of carbonyl (C=O) groups is 2. The number of aliphatic carboxylic acids is 1. The normalized spacial score (nSPS) is 10.3. The van der Waals surface area contributed by atoms with Crippen molar-refractivity contribution in [2.45, 2.75) is 19.4 Å². The maximum absolute atomic E-state index is 11.5. The monoisotopic (exact) mass is 307 g/mol. The summed E-state index contributed by atoms with van der Waals surface area (Å²) >= 11 is 6.07. The molecule has 2 N–H and O–H groups in total. The van der Waals surface area contributed by atoms with Gasteiger partial charge in [0.2, 0.25) is 5.91 Å². The van der Waals surface area contributed by atoms with Crippen molar-refractivity contribution in [2.75, 3.05) is 5.32 Å². The zero-order valence-corrected chi connectivity index (χ0v) is 11.9. The molecule has 0 bridgehead atoms. The first-order chi connectivity index (χ1) is 10.0. The molecule has 21 heavy (non-hydrogen) atoms. The van der Waals surface area contributed by atoms with Crippen LogP contribution in [0.15, 0.2) is 36.5 Å². The third-order valence-electron chi connectivity index (χ3n) is 2.76. The molecule has 0 aliphatic heterocycles. The molecule has 0 saturated heterocycles. The van der Waals surface area contributed by atoms with E-state index in [0.717, 1.165) is 5.56 Å². The average molecular weight is 308 g/mol. The van der Waals surface area contributed by atoms with Gasteiger partial charge in [0, 0.05) is 23.7 Å². The van der Waals surface area contributed by atoms with Crippen molar-refractivity contribution in [2.24, 2.45) is 0 Å². The number of carbonyl (C=O) groups excluding carboxylic acids is 1. The van der Waals surface area contributed by atoms with E-state index in [1.54, 1.807) is 23.0 Å². The Hall–Kier alpha value is -2.34. The number of benzene rings is 1. The van der Waals surface area contributed by atoms with E-state index < -0.39 is 5.97 Å². The molecule has 1 heterocycles. The molecule has 1 amide bonds. The minimum absolute atomic E-state index is 0.0767. The molecule has 0 atom stereocenters. The second-order valence-electron chi connectivity index (χ2n) is 4.43. The third-order valence-corrected chi connectivity index (χ3v) is 3.13. The largest absolute Gasteiger partial charge is 0.481 e. The Kier molecular flexibility index (Phi) is 4.94. The summed E-state index contributed by atoms with van der Waals surface area (Å²) in [6.45, 7) is 0.491. The zero-order valence-electron chi connectivity index (χ0n) is 11.1. The van der Waals surface area contributed by atoms with Gasteiger partial charge in [0.1, 0.15) is 0 Å². The van der Waals surface area contributed by atoms with Crippen LogP contribution in [0.1, 0.15) is 18.4 Å². The van der Waals surface area contributed by atoms with Gasteiger partial charge in [-0.2, -0.15) is 5.10 Å². The first-order valence-corrected chi connectivity index (χ1v) is 6.71. The van der Waals surface area contributed by atoms with Gasteiger partial charge >= 0.3 is 5.97 Å². The van der Waals surface area contributed by atoms with E-state index in [0.29, 0.717) is 17.4 Å². The van der Waals surface area contributed by atoms with Crippen molar-refractivity contribution < 1.29 is 14.7 Å². The minimum atomic E-state index is -1.01. The quantitative estimate of drug-likeness (QED) is 0.858. The maximum atomic E-state index is 11.5. The van der Waals surface area contributed by atoms with Crippen molar-refractivity contribution >= 4 is 29.3 Å². The number of aromatic nitrogens is 2. The summed E-state index contributed by atoms with van der Waals surface area (Å²) < 4.78 is 1.65. The lowest BCUT2D eigenvalue weighted by molar-refractivity contribution is -0.138. The summed E-state index contributed by atoms with van der Waals surface area (Å²) in [5.41, 5.74) is 0.922. The molecule has 0 aliphatic rings. The zero-order chi connectivity index (χ0) is 15.2. The van der Waals surface area contributed by atoms with E-state index in [-0.39, 0.29) is 18.7 Å². The smallest absolute Gasteiger partial charge is 0.303 e. The number of hydrogen-bond donors (Lipinski definition) is 2. The summed E-state index contributed by atoms with van der Waals surface area (Å²) in [5.74, 6) is -0.993. The maximum Gasteiger partial charge on any atom is 0.303 e. The van der Waals surface area contributed by atoms with Crippen LogP contribution in [0.3, 0.4) is 0 Å². The number of rotatable bonds is 6. The third kappa shape index (κ3) is 4.61. The van der Waals surface area contributed by atoms with Crippen LogP contribution in [0.25, 0.3) is 0 Å². The highest BCUT2D eigenvalue weighted by Crippen LogP contribution is 2.16. The van der Waals surface area contributed by atoms with Gasteiger partial charge < -0.3 is 10.4 Å². The van der Waals surface area contributed by atoms with E-state index in [9.17, 15) is 9.59 Å². The minimum Gasteiger partial charge on any atom is -0.481 e. The molecule has 0 unspecified atom stereocenters. The molecule has 6 nitrogen and oxygen atoms in total. The second kappa shape index (κ2) is 6.90. The Labute approximate surface area is 126 Å². The second-order valence-corrected chi connectivity index (χ2v) is 4.84. The molecule has 0 spiro atoms. The summed E-state index contributed by atoms with van der Waals surface area (Å²) in [6, 6.07) is 9.09. The fourth-order valence-electron chi connectivity index (χ4n) is 1.74. The van der Waals surface area contributed by atoms with Gasteiger partial charge in [-0.3, -0.25) is 14.3 Å². The Morgan fingerprint density at radius 1 is 1.24 bits per heavy atom. The number of anilines is 1. The molecule has 110 valence electrons. The molecule has 1 aromatic heterocycles. The lowest BCUT2D eigenvalue weighted by Crippen LogP contribution is -2.14. The van der Waals surface area contributed by atoms with Gasteiger partial charge in [0.15, 0.2) is 5.82 Å². The number of amides is 1. The van der Waals surface area contributed by atoms with Crippen LogP contribution in [0, 0.1) is 0 Å². The standard InChI is InChI=1S/C14H14ClN3O3/c15-11-4-2-1-3-10(11)9-18-8-7-12(17-18)16-13(19)5-6-14(20)21/h1-4,7-8H,5-6,9H2,(H,20,21)(H,16,17,19). The molecule has 0 fully saturated rings. The fourth-order valence-corrected chi connectivity index (χ4v) is 1.94. The topological polar surface area (TPSA) is 84.2 Å². The number of halogens is 1. The predicted octanol–water partition coefficient (Wildman–Crippen LogP) is 2.39. The number of hydrogen-bond acceptors (Lipinski definition) is 3. The van der Waals surface area contributed by atoms with Gasteiger partial charge in [-0.25, -0.2) is 0 Å². The highest BCUT2D eigenvalue weighted by atomic mass is 35.5. The van der Waals surface area contributed by atoms with Gasteiger partial charge in [-0.05, 0) is 11.6 Å². The SMILES string of the molecule is O=C(O)CCC(=O)Nc1ccn(Cc2ccccc2Cl)n1. The van der Waals surface area contributed by atoms with E-state index in [2.05, 4.69) is 10.4 Å². The van der Waals surface area contributed by atoms with Crippen LogP contribution in [-0.4, -0.2) is 26.8 Å². The number of carboxylic acid groups (broad SMARTS) is 1. The number of nitrogens with one attached hydrogen (secondary N) is 1. The van der Waals surface area contributed by atoms with Crippen molar-refractivity contribution in [3.8, 4) is 0 Å². The molecule has 7 heteroatoms. The first-order valence-electron chi connectivity index (χ1n) is 6.33. The van der Waals surface area contributed by atoms with Crippen molar-refractivity contribution in [1.82, 2.24) is 9.78 Å². The van der Waals surface area contributed by atoms with Crippen molar-refractivity contribution in [1.29, 1.82) is 0 Å². The fraction of sp³-hybridized carbons (Fsp3) is 0.214. The average Bonchev–Trinajstić information content (AvgIpc) is 2.86. The van der Waals surface area contributed by atoms with Crippen LogP contribution < -0.4 is 5.32 Å². The van der Waals surface area contributed by atoms with E-state index in [4.69, 9.17) is 16.7 Å². The highest BCUT2D eigenvalue weighted by molar-refractivity contribution is 6.31. The van der Waals surface area contributed by atoms with Gasteiger partial charge in [-0.15, -0.1) is 0 Å². The lowest BCUT2D eigenvalue weighted by atomic mass is 10.2. The van der Waals surface area contributed by atoms with Crippen LogP contribution in [0.5, 0.6) is 0 Å². The Bertz CT molecular complexity index is 654. The summed E-state index contributed by atoms with van der Waals surface area (Å²) in [7, 11) is 0. The van der Waals surface area contributed by atoms with Gasteiger partial charge in [0.05, 0.1) is 13.0 Å². The molecule has 0 aliphatic carbocycles. The first kappa shape index (κ1) is 15.1. The Morgan fingerprint density at radius 3 is 2.71 bits per heavy atom. The number of carboxylic acids is 1. The van der Waals surface area contributed by atoms with E-state index >= 15 is 0 Å². The van der Waals surface area contributed by atoms with Crippen LogP contribution in [0.4, 0.5) is 5.82 Å². The summed E-state index contributed by atoms with van der Waals surface area (Å²) in [6.07, 6.45) is 1.44.